The van der Waals surface area contributed by atoms with Crippen LogP contribution in [0.1, 0.15) is 49.4 Å². The molecule has 3 rings (SSSR count). The predicted molar refractivity (Wildman–Crippen MR) is 115 cm³/mol. The minimum absolute atomic E-state index is 0.152. The molecule has 11 heteroatoms. The molecule has 2 saturated heterocycles. The van der Waals surface area contributed by atoms with Gasteiger partial charge in [0.05, 0.1) is 18.1 Å². The van der Waals surface area contributed by atoms with Gasteiger partial charge in [0.25, 0.3) is 5.91 Å². The van der Waals surface area contributed by atoms with E-state index in [4.69, 9.17) is 9.47 Å². The van der Waals surface area contributed by atoms with Gasteiger partial charge < -0.3 is 14.4 Å². The van der Waals surface area contributed by atoms with Crippen LogP contribution in [-0.4, -0.2) is 74.9 Å². The quantitative estimate of drug-likeness (QED) is 0.544. The minimum Gasteiger partial charge on any atom is -0.466 e. The summed E-state index contributed by atoms with van der Waals surface area (Å²) in [6.45, 7) is 2.80. The molecular weight excluding hydrogens is 455 g/mol. The predicted octanol–water partition coefficient (Wildman–Crippen LogP) is 1.96. The Bertz CT molecular complexity index is 984. The van der Waals surface area contributed by atoms with Crippen molar-refractivity contribution in [3.63, 3.8) is 0 Å². The fraction of sp³-hybridized carbons (Fsp3) is 0.591. The molecule has 0 saturated carbocycles. The maximum atomic E-state index is 14.3. The Hall–Kier alpha value is -2.53. The maximum Gasteiger partial charge on any atom is 0.338 e. The number of amides is 1. The standard InChI is InChI=1S/C22H29FN2O7S/c1-2-31-21(27)16-8-12-24(13-9-16)20(26)15-32-22(28)17-6-7-18(23)19(14-17)33(29,30)25-10-4-3-5-11-25/h6-7,14,16H,2-5,8-13,15H2,1H3. The van der Waals surface area contributed by atoms with Crippen LogP contribution >= 0.6 is 0 Å². The summed E-state index contributed by atoms with van der Waals surface area (Å²) in [6.07, 6.45) is 3.24. The number of carbonyl (C=O) groups excluding carboxylic acids is 3. The van der Waals surface area contributed by atoms with Gasteiger partial charge in [-0.1, -0.05) is 6.42 Å². The van der Waals surface area contributed by atoms with Gasteiger partial charge in [-0.2, -0.15) is 4.31 Å². The molecule has 1 aromatic rings. The molecule has 182 valence electrons. The number of nitrogens with zero attached hydrogens (tertiary/aromatic N) is 2. The van der Waals surface area contributed by atoms with Crippen molar-refractivity contribution in [3.8, 4) is 0 Å². The van der Waals surface area contributed by atoms with Crippen LogP contribution in [0.2, 0.25) is 0 Å². The molecule has 0 aliphatic carbocycles. The van der Waals surface area contributed by atoms with E-state index >= 15 is 0 Å². The summed E-state index contributed by atoms with van der Waals surface area (Å²) in [4.78, 5) is 37.5. The highest BCUT2D eigenvalue weighted by atomic mass is 32.2. The van der Waals surface area contributed by atoms with Crippen LogP contribution in [0.5, 0.6) is 0 Å². The van der Waals surface area contributed by atoms with Crippen LogP contribution < -0.4 is 0 Å². The second kappa shape index (κ2) is 11.1. The molecule has 2 aliphatic heterocycles. The second-order valence-corrected chi connectivity index (χ2v) is 10.00. The molecule has 0 unspecified atom stereocenters. The van der Waals surface area contributed by atoms with Gasteiger partial charge in [0.15, 0.2) is 6.61 Å². The Kier molecular flexibility index (Phi) is 8.41. The lowest BCUT2D eigenvalue weighted by Crippen LogP contribution is -2.42. The number of piperidine rings is 2. The molecule has 33 heavy (non-hydrogen) atoms. The van der Waals surface area contributed by atoms with Crippen LogP contribution in [-0.2, 0) is 29.1 Å². The molecule has 2 aliphatic rings. The first kappa shape index (κ1) is 25.1. The highest BCUT2D eigenvalue weighted by Gasteiger charge is 2.31. The summed E-state index contributed by atoms with van der Waals surface area (Å²) < 4.78 is 51.2. The first-order valence-corrected chi connectivity index (χ1v) is 12.6. The van der Waals surface area contributed by atoms with Crippen LogP contribution in [0.4, 0.5) is 4.39 Å². The lowest BCUT2D eigenvalue weighted by molar-refractivity contribution is -0.151. The number of carbonyl (C=O) groups is 3. The third-order valence-electron chi connectivity index (χ3n) is 5.89. The smallest absolute Gasteiger partial charge is 0.338 e. The highest BCUT2D eigenvalue weighted by molar-refractivity contribution is 7.89. The van der Waals surface area contributed by atoms with E-state index in [1.54, 1.807) is 6.92 Å². The van der Waals surface area contributed by atoms with Crippen molar-refractivity contribution in [2.24, 2.45) is 5.92 Å². The molecule has 1 aromatic carbocycles. The molecular formula is C22H29FN2O7S. The molecule has 9 nitrogen and oxygen atoms in total. The fourth-order valence-corrected chi connectivity index (χ4v) is 5.61. The number of hydrogen-bond acceptors (Lipinski definition) is 7. The monoisotopic (exact) mass is 484 g/mol. The first-order chi connectivity index (χ1) is 15.7. The molecule has 2 fully saturated rings. The average Bonchev–Trinajstić information content (AvgIpc) is 2.83. The molecule has 0 radical (unpaired) electrons. The summed E-state index contributed by atoms with van der Waals surface area (Å²) >= 11 is 0. The van der Waals surface area contributed by atoms with Crippen LogP contribution in [0, 0.1) is 11.7 Å². The van der Waals surface area contributed by atoms with Crippen molar-refractivity contribution in [1.29, 1.82) is 0 Å². The summed E-state index contributed by atoms with van der Waals surface area (Å²) in [5, 5.41) is 0. The number of esters is 2. The number of benzene rings is 1. The average molecular weight is 485 g/mol. The van der Waals surface area contributed by atoms with E-state index in [1.165, 1.54) is 9.21 Å². The van der Waals surface area contributed by atoms with Crippen molar-refractivity contribution in [1.82, 2.24) is 9.21 Å². The van der Waals surface area contributed by atoms with Gasteiger partial charge in [-0.3, -0.25) is 9.59 Å². The largest absolute Gasteiger partial charge is 0.466 e. The van der Waals surface area contributed by atoms with Gasteiger partial charge >= 0.3 is 11.9 Å². The second-order valence-electron chi connectivity index (χ2n) is 8.09. The number of rotatable bonds is 7. The lowest BCUT2D eigenvalue weighted by Gasteiger charge is -2.30. The third kappa shape index (κ3) is 6.08. The molecule has 0 atom stereocenters. The Morgan fingerprint density at radius 3 is 2.33 bits per heavy atom. The Balaban J connectivity index is 1.58. The molecule has 0 spiro atoms. The van der Waals surface area contributed by atoms with Gasteiger partial charge in [0.1, 0.15) is 10.7 Å². The lowest BCUT2D eigenvalue weighted by atomic mass is 9.97. The minimum atomic E-state index is -4.08. The maximum absolute atomic E-state index is 14.3. The zero-order chi connectivity index (χ0) is 24.0. The van der Waals surface area contributed by atoms with Crippen molar-refractivity contribution >= 4 is 27.9 Å². The van der Waals surface area contributed by atoms with Crippen molar-refractivity contribution in [2.45, 2.75) is 43.9 Å². The van der Waals surface area contributed by atoms with Gasteiger partial charge in [-0.05, 0) is 50.8 Å². The first-order valence-electron chi connectivity index (χ1n) is 11.1. The molecule has 1 amide bonds. The molecule has 0 N–H and O–H groups in total. The normalized spacial score (nSPS) is 18.1. The molecule has 0 aromatic heterocycles. The number of ether oxygens (including phenoxy) is 2. The van der Waals surface area contributed by atoms with Crippen molar-refractivity contribution < 1.29 is 36.7 Å². The summed E-state index contributed by atoms with van der Waals surface area (Å²) in [7, 11) is -4.08. The summed E-state index contributed by atoms with van der Waals surface area (Å²) in [5.74, 6) is -2.81. The van der Waals surface area contributed by atoms with E-state index in [0.717, 1.165) is 24.6 Å². The van der Waals surface area contributed by atoms with E-state index in [1.807, 2.05) is 0 Å². The number of hydrogen-bond donors (Lipinski definition) is 0. The Morgan fingerprint density at radius 2 is 1.70 bits per heavy atom. The zero-order valence-electron chi connectivity index (χ0n) is 18.6. The van der Waals surface area contributed by atoms with E-state index in [0.29, 0.717) is 58.5 Å². The van der Waals surface area contributed by atoms with Gasteiger partial charge in [0, 0.05) is 26.2 Å². The SMILES string of the molecule is CCOC(=O)C1CCN(C(=O)COC(=O)c2ccc(F)c(S(=O)(=O)N3CCCCC3)c2)CC1. The van der Waals surface area contributed by atoms with Crippen LogP contribution in [0.15, 0.2) is 23.1 Å². The molecule has 2 heterocycles. The highest BCUT2D eigenvalue weighted by Crippen LogP contribution is 2.24. The van der Waals surface area contributed by atoms with E-state index in [2.05, 4.69) is 0 Å². The van der Waals surface area contributed by atoms with Gasteiger partial charge in [-0.15, -0.1) is 0 Å². The number of likely N-dealkylation sites (tertiary alicyclic amines) is 1. The zero-order valence-corrected chi connectivity index (χ0v) is 19.4. The van der Waals surface area contributed by atoms with Gasteiger partial charge in [-0.25, -0.2) is 17.6 Å². The van der Waals surface area contributed by atoms with Gasteiger partial charge in [0.2, 0.25) is 10.0 Å². The van der Waals surface area contributed by atoms with E-state index in [-0.39, 0.29) is 17.5 Å². The van der Waals surface area contributed by atoms with Crippen LogP contribution in [0.25, 0.3) is 0 Å². The Morgan fingerprint density at radius 1 is 1.03 bits per heavy atom. The summed E-state index contributed by atoms with van der Waals surface area (Å²) in [5.41, 5.74) is -0.152. The topological polar surface area (TPSA) is 110 Å². The number of sulfonamides is 1. The van der Waals surface area contributed by atoms with Crippen molar-refractivity contribution in [3.05, 3.63) is 29.6 Å². The van der Waals surface area contributed by atoms with E-state index in [9.17, 15) is 27.2 Å². The Labute approximate surface area is 192 Å². The third-order valence-corrected chi connectivity index (χ3v) is 7.81. The summed E-state index contributed by atoms with van der Waals surface area (Å²) in [6, 6.07) is 2.99. The van der Waals surface area contributed by atoms with Crippen LogP contribution in [0.3, 0.4) is 0 Å². The molecule has 0 bridgehead atoms. The number of halogens is 1. The van der Waals surface area contributed by atoms with E-state index < -0.39 is 39.2 Å². The fourth-order valence-electron chi connectivity index (χ4n) is 4.00. The van der Waals surface area contributed by atoms with Crippen molar-refractivity contribution in [2.75, 3.05) is 39.4 Å².